The Balaban J connectivity index is 3.32. The van der Waals surface area contributed by atoms with Crippen molar-refractivity contribution in [1.82, 2.24) is 0 Å². The molecule has 0 unspecified atom stereocenters. The van der Waals surface area contributed by atoms with Crippen LogP contribution in [0.1, 0.15) is 6.92 Å². The molecular weight excluding hydrogens is 240 g/mol. The first-order chi connectivity index (χ1) is 8.72. The predicted molar refractivity (Wildman–Crippen MR) is 65.3 cm³/mol. The highest BCUT2D eigenvalue weighted by Crippen LogP contribution is 1.96. The topological polar surface area (TPSA) is 74.2 Å². The average molecular weight is 262 g/mol. The molecule has 0 rings (SSSR count). The van der Waals surface area contributed by atoms with Crippen LogP contribution in [0.25, 0.3) is 0 Å². The molecular formula is C12H22O6. The number of hydrogen-bond donors (Lipinski definition) is 1. The Labute approximate surface area is 107 Å². The maximum atomic E-state index is 11.3. The highest BCUT2D eigenvalue weighted by atomic mass is 16.6. The predicted octanol–water partition coefficient (Wildman–Crippen LogP) is 0.148. The Morgan fingerprint density at radius 1 is 1.06 bits per heavy atom. The van der Waals surface area contributed by atoms with Gasteiger partial charge in [-0.15, -0.1) is 0 Å². The first-order valence-electron chi connectivity index (χ1n) is 5.91. The van der Waals surface area contributed by atoms with Crippen molar-refractivity contribution in [3.8, 4) is 0 Å². The van der Waals surface area contributed by atoms with Crippen LogP contribution in [-0.4, -0.2) is 63.9 Å². The molecule has 106 valence electrons. The Kier molecular flexibility index (Phi) is 11.8. The maximum Gasteiger partial charge on any atom is 0.335 e. The lowest BCUT2D eigenvalue weighted by Gasteiger charge is -2.08. The second-order valence-electron chi connectivity index (χ2n) is 3.32. The highest BCUT2D eigenvalue weighted by Gasteiger charge is 2.07. The van der Waals surface area contributed by atoms with Gasteiger partial charge in [0, 0.05) is 6.61 Å². The van der Waals surface area contributed by atoms with Crippen molar-refractivity contribution in [1.29, 1.82) is 0 Å². The van der Waals surface area contributed by atoms with Gasteiger partial charge < -0.3 is 24.1 Å². The summed E-state index contributed by atoms with van der Waals surface area (Å²) in [4.78, 5) is 11.3. The van der Waals surface area contributed by atoms with E-state index >= 15 is 0 Å². The van der Waals surface area contributed by atoms with Gasteiger partial charge in [-0.1, -0.05) is 6.58 Å². The number of carbonyl (C=O) groups excluding carboxylic acids is 1. The summed E-state index contributed by atoms with van der Waals surface area (Å²) < 4.78 is 20.1. The fraction of sp³-hybridized carbons (Fsp3) is 0.750. The van der Waals surface area contributed by atoms with Gasteiger partial charge in [-0.25, -0.2) is 4.79 Å². The molecule has 0 amide bonds. The molecule has 0 saturated heterocycles. The normalized spacial score (nSPS) is 10.3. The van der Waals surface area contributed by atoms with Crippen molar-refractivity contribution >= 4 is 5.97 Å². The van der Waals surface area contributed by atoms with Crippen LogP contribution in [0.3, 0.4) is 0 Å². The third-order valence-corrected chi connectivity index (χ3v) is 1.84. The van der Waals surface area contributed by atoms with Crippen LogP contribution in [0.15, 0.2) is 12.2 Å². The van der Waals surface area contributed by atoms with Gasteiger partial charge in [-0.05, 0) is 6.92 Å². The van der Waals surface area contributed by atoms with E-state index in [2.05, 4.69) is 6.58 Å². The lowest BCUT2D eigenvalue weighted by molar-refractivity contribution is -0.141. The van der Waals surface area contributed by atoms with Crippen LogP contribution < -0.4 is 0 Å². The summed E-state index contributed by atoms with van der Waals surface area (Å²) in [5.74, 6) is -0.469. The monoisotopic (exact) mass is 262 g/mol. The molecule has 0 aromatic rings. The van der Waals surface area contributed by atoms with Gasteiger partial charge in [0.2, 0.25) is 0 Å². The smallest absolute Gasteiger partial charge is 0.335 e. The van der Waals surface area contributed by atoms with E-state index in [1.807, 2.05) is 6.92 Å². The van der Waals surface area contributed by atoms with Crippen molar-refractivity contribution in [2.24, 2.45) is 0 Å². The molecule has 0 aromatic carbocycles. The zero-order chi connectivity index (χ0) is 13.6. The summed E-state index contributed by atoms with van der Waals surface area (Å²) in [7, 11) is 0. The molecule has 0 atom stereocenters. The minimum absolute atomic E-state index is 0.000441. The van der Waals surface area contributed by atoms with Gasteiger partial charge in [0.15, 0.2) is 0 Å². The SMILES string of the molecule is C=C(COCC)C(=O)OCCOCCOCCO. The van der Waals surface area contributed by atoms with Crippen molar-refractivity contribution < 1.29 is 28.8 Å². The Bertz CT molecular complexity index is 229. The zero-order valence-corrected chi connectivity index (χ0v) is 10.9. The molecule has 0 aliphatic heterocycles. The summed E-state index contributed by atoms with van der Waals surface area (Å²) in [6, 6.07) is 0. The number of rotatable bonds is 12. The summed E-state index contributed by atoms with van der Waals surface area (Å²) in [6.07, 6.45) is 0. The van der Waals surface area contributed by atoms with Crippen LogP contribution >= 0.6 is 0 Å². The first kappa shape index (κ1) is 17.1. The van der Waals surface area contributed by atoms with Gasteiger partial charge in [0.05, 0.1) is 45.2 Å². The molecule has 6 nitrogen and oxygen atoms in total. The Morgan fingerprint density at radius 2 is 1.67 bits per heavy atom. The van der Waals surface area contributed by atoms with Gasteiger partial charge >= 0.3 is 5.97 Å². The summed E-state index contributed by atoms with van der Waals surface area (Å²) in [5, 5.41) is 8.44. The minimum Gasteiger partial charge on any atom is -0.460 e. The third kappa shape index (κ3) is 10.2. The van der Waals surface area contributed by atoms with Crippen LogP contribution in [0.4, 0.5) is 0 Å². The lowest BCUT2D eigenvalue weighted by atomic mass is 10.3. The number of hydrogen-bond acceptors (Lipinski definition) is 6. The fourth-order valence-electron chi connectivity index (χ4n) is 0.966. The largest absolute Gasteiger partial charge is 0.460 e. The minimum atomic E-state index is -0.469. The summed E-state index contributed by atoms with van der Waals surface area (Å²) >= 11 is 0. The van der Waals surface area contributed by atoms with Gasteiger partial charge in [0.25, 0.3) is 0 Å². The van der Waals surface area contributed by atoms with Crippen molar-refractivity contribution in [2.45, 2.75) is 6.92 Å². The standard InChI is InChI=1S/C12H22O6/c1-3-15-10-11(2)12(14)18-9-8-17-7-6-16-5-4-13/h13H,2-10H2,1H3. The Hall–Kier alpha value is -0.950. The second kappa shape index (κ2) is 12.5. The van der Waals surface area contributed by atoms with E-state index in [1.165, 1.54) is 0 Å². The number of ether oxygens (including phenoxy) is 4. The van der Waals surface area contributed by atoms with Crippen molar-refractivity contribution in [3.63, 3.8) is 0 Å². The molecule has 18 heavy (non-hydrogen) atoms. The fourth-order valence-corrected chi connectivity index (χ4v) is 0.966. The molecule has 1 N–H and O–H groups in total. The van der Waals surface area contributed by atoms with E-state index in [-0.39, 0.29) is 19.8 Å². The molecule has 0 aliphatic rings. The summed E-state index contributed by atoms with van der Waals surface area (Å²) in [5.41, 5.74) is 0.295. The molecule has 0 fully saturated rings. The van der Waals surface area contributed by atoms with Crippen LogP contribution in [0.5, 0.6) is 0 Å². The molecule has 0 bridgehead atoms. The number of esters is 1. The molecule has 0 saturated carbocycles. The first-order valence-corrected chi connectivity index (χ1v) is 5.91. The van der Waals surface area contributed by atoms with Gasteiger partial charge in [-0.3, -0.25) is 0 Å². The van der Waals surface area contributed by atoms with Gasteiger partial charge in [0.1, 0.15) is 6.61 Å². The van der Waals surface area contributed by atoms with E-state index in [4.69, 9.17) is 24.1 Å². The maximum absolute atomic E-state index is 11.3. The third-order valence-electron chi connectivity index (χ3n) is 1.84. The molecule has 0 spiro atoms. The van der Waals surface area contributed by atoms with Gasteiger partial charge in [-0.2, -0.15) is 0 Å². The molecule has 0 radical (unpaired) electrons. The van der Waals surface area contributed by atoms with Crippen molar-refractivity contribution in [3.05, 3.63) is 12.2 Å². The van der Waals surface area contributed by atoms with Crippen molar-refractivity contribution in [2.75, 3.05) is 52.9 Å². The van der Waals surface area contributed by atoms with E-state index in [9.17, 15) is 4.79 Å². The van der Waals surface area contributed by atoms with E-state index in [0.717, 1.165) is 0 Å². The quantitative estimate of drug-likeness (QED) is 0.306. The lowest BCUT2D eigenvalue weighted by Crippen LogP contribution is -2.16. The van der Waals surface area contributed by atoms with E-state index in [1.54, 1.807) is 0 Å². The number of aliphatic hydroxyl groups excluding tert-OH is 1. The van der Waals surface area contributed by atoms with Crippen LogP contribution in [0.2, 0.25) is 0 Å². The molecule has 0 heterocycles. The number of aliphatic hydroxyl groups is 1. The zero-order valence-electron chi connectivity index (χ0n) is 10.9. The second-order valence-corrected chi connectivity index (χ2v) is 3.32. The molecule has 6 heteroatoms. The van der Waals surface area contributed by atoms with Crippen LogP contribution in [-0.2, 0) is 23.7 Å². The Morgan fingerprint density at radius 3 is 2.28 bits per heavy atom. The van der Waals surface area contributed by atoms with E-state index in [0.29, 0.717) is 38.6 Å². The molecule has 0 aromatic heterocycles. The number of carbonyl (C=O) groups is 1. The average Bonchev–Trinajstić information content (AvgIpc) is 2.38. The van der Waals surface area contributed by atoms with Crippen LogP contribution in [0, 0.1) is 0 Å². The summed E-state index contributed by atoms with van der Waals surface area (Å²) in [6.45, 7) is 7.69. The van der Waals surface area contributed by atoms with E-state index < -0.39 is 5.97 Å². The molecule has 0 aliphatic carbocycles. The highest BCUT2D eigenvalue weighted by molar-refractivity contribution is 5.87.